The molecule has 2 aromatic rings. The molecule has 3 rings (SSSR count). The molecule has 3 heteroatoms. The van der Waals surface area contributed by atoms with E-state index in [0.29, 0.717) is 5.92 Å². The lowest BCUT2D eigenvalue weighted by Gasteiger charge is -2.04. The van der Waals surface area contributed by atoms with Gasteiger partial charge in [0.2, 0.25) is 0 Å². The first-order valence-electron chi connectivity index (χ1n) is 7.08. The molecule has 0 fully saturated rings. The average molecular weight is 272 g/mol. The lowest BCUT2D eigenvalue weighted by molar-refractivity contribution is 0.659. The van der Waals surface area contributed by atoms with Gasteiger partial charge in [-0.3, -0.25) is 0 Å². The van der Waals surface area contributed by atoms with E-state index in [0.717, 1.165) is 25.9 Å². The molecule has 0 radical (unpaired) electrons. The topological polar surface area (TPSA) is 24.9 Å². The van der Waals surface area contributed by atoms with E-state index < -0.39 is 0 Å². The molecule has 1 heterocycles. The van der Waals surface area contributed by atoms with Crippen LogP contribution in [0.2, 0.25) is 0 Å². The highest BCUT2D eigenvalue weighted by atomic mass is 32.1. The summed E-state index contributed by atoms with van der Waals surface area (Å²) in [5, 5.41) is 6.94. The summed E-state index contributed by atoms with van der Waals surface area (Å²) in [4.78, 5) is 4.80. The number of nitrogens with one attached hydrogen (secondary N) is 1. The van der Waals surface area contributed by atoms with Crippen molar-refractivity contribution in [2.45, 2.75) is 38.6 Å². The Morgan fingerprint density at radius 3 is 2.68 bits per heavy atom. The molecule has 0 unspecified atom stereocenters. The maximum Gasteiger partial charge on any atom is 0.0966 e. The first kappa shape index (κ1) is 12.8. The van der Waals surface area contributed by atoms with Crippen LogP contribution in [-0.4, -0.2) is 11.5 Å². The second-order valence-corrected chi connectivity index (χ2v) is 6.12. The summed E-state index contributed by atoms with van der Waals surface area (Å²) >= 11 is 1.82. The summed E-state index contributed by atoms with van der Waals surface area (Å²) in [6.45, 7) is 4.17. The third kappa shape index (κ3) is 2.88. The van der Waals surface area contributed by atoms with E-state index in [1.807, 2.05) is 11.3 Å². The minimum Gasteiger partial charge on any atom is -0.311 e. The van der Waals surface area contributed by atoms with Gasteiger partial charge in [-0.2, -0.15) is 0 Å². The Hall–Kier alpha value is -1.19. The van der Waals surface area contributed by atoms with Gasteiger partial charge in [0.1, 0.15) is 0 Å². The summed E-state index contributed by atoms with van der Waals surface area (Å²) < 4.78 is 0. The molecule has 0 aliphatic heterocycles. The molecule has 0 saturated carbocycles. The number of aromatic nitrogens is 1. The van der Waals surface area contributed by atoms with Crippen molar-refractivity contribution in [2.24, 2.45) is 0 Å². The van der Waals surface area contributed by atoms with Crippen LogP contribution in [0.5, 0.6) is 0 Å². The molecule has 0 amide bonds. The van der Waals surface area contributed by atoms with Crippen molar-refractivity contribution in [3.05, 3.63) is 51.5 Å². The van der Waals surface area contributed by atoms with E-state index in [9.17, 15) is 0 Å². The molecular formula is C16H20N2S. The summed E-state index contributed by atoms with van der Waals surface area (Å²) in [7, 11) is 0. The Morgan fingerprint density at radius 2 is 2.00 bits per heavy atom. The fourth-order valence-corrected chi connectivity index (χ4v) is 3.64. The summed E-state index contributed by atoms with van der Waals surface area (Å²) in [6, 6.07) is 8.80. The Kier molecular flexibility index (Phi) is 3.95. The van der Waals surface area contributed by atoms with Gasteiger partial charge in [0.05, 0.1) is 10.7 Å². The van der Waals surface area contributed by atoms with Crippen LogP contribution in [0.1, 0.15) is 41.1 Å². The van der Waals surface area contributed by atoms with E-state index in [4.69, 9.17) is 4.98 Å². The molecule has 100 valence electrons. The lowest BCUT2D eigenvalue weighted by Crippen LogP contribution is -2.14. The average Bonchev–Trinajstić information content (AvgIpc) is 3.04. The Balaban J connectivity index is 1.65. The van der Waals surface area contributed by atoms with Crippen molar-refractivity contribution in [2.75, 3.05) is 6.54 Å². The minimum absolute atomic E-state index is 0.599. The van der Waals surface area contributed by atoms with Crippen LogP contribution < -0.4 is 5.32 Å². The first-order chi connectivity index (χ1) is 9.36. The van der Waals surface area contributed by atoms with Crippen LogP contribution in [0.3, 0.4) is 0 Å². The molecule has 0 saturated heterocycles. The normalized spacial score (nSPS) is 14.8. The fraction of sp³-hybridized carbons (Fsp3) is 0.438. The quantitative estimate of drug-likeness (QED) is 0.842. The Labute approximate surface area is 118 Å². The van der Waals surface area contributed by atoms with Crippen LogP contribution >= 0.6 is 11.3 Å². The molecule has 0 bridgehead atoms. The Bertz CT molecular complexity index is 522. The molecule has 19 heavy (non-hydrogen) atoms. The number of nitrogens with zero attached hydrogens (tertiary/aromatic N) is 1. The van der Waals surface area contributed by atoms with Gasteiger partial charge in [0.25, 0.3) is 0 Å². The number of hydrogen-bond acceptors (Lipinski definition) is 3. The maximum absolute atomic E-state index is 4.80. The van der Waals surface area contributed by atoms with Crippen molar-refractivity contribution in [3.63, 3.8) is 0 Å². The largest absolute Gasteiger partial charge is 0.311 e. The third-order valence-electron chi connectivity index (χ3n) is 3.70. The van der Waals surface area contributed by atoms with Gasteiger partial charge in [-0.1, -0.05) is 31.2 Å². The standard InChI is InChI=1S/C16H20N2S/c1-2-7-17-10-15-11-19-16(18-15)14-8-12-5-3-4-6-13(12)9-14/h3-6,11,14,17H,2,7-10H2,1H3. The van der Waals surface area contributed by atoms with Crippen molar-refractivity contribution in [3.8, 4) is 0 Å². The molecule has 1 aromatic carbocycles. The van der Waals surface area contributed by atoms with Gasteiger partial charge < -0.3 is 5.32 Å². The number of fused-ring (bicyclic) bond motifs is 1. The van der Waals surface area contributed by atoms with Gasteiger partial charge in [-0.15, -0.1) is 11.3 Å². The molecule has 0 atom stereocenters. The summed E-state index contributed by atoms with van der Waals surface area (Å²) in [5.41, 5.74) is 4.21. The van der Waals surface area contributed by atoms with Crippen LogP contribution in [0.25, 0.3) is 0 Å². The highest BCUT2D eigenvalue weighted by Gasteiger charge is 2.24. The number of benzene rings is 1. The first-order valence-corrected chi connectivity index (χ1v) is 7.96. The molecule has 2 nitrogen and oxygen atoms in total. The van der Waals surface area contributed by atoms with Crippen molar-refractivity contribution >= 4 is 11.3 Å². The summed E-state index contributed by atoms with van der Waals surface area (Å²) in [6.07, 6.45) is 3.49. The van der Waals surface area contributed by atoms with E-state index in [1.54, 1.807) is 0 Å². The monoisotopic (exact) mass is 272 g/mol. The zero-order chi connectivity index (χ0) is 13.1. The van der Waals surface area contributed by atoms with E-state index in [-0.39, 0.29) is 0 Å². The molecular weight excluding hydrogens is 252 g/mol. The van der Waals surface area contributed by atoms with Gasteiger partial charge in [-0.25, -0.2) is 4.98 Å². The highest BCUT2D eigenvalue weighted by Crippen LogP contribution is 2.35. The zero-order valence-electron chi connectivity index (χ0n) is 11.4. The molecule has 1 aliphatic carbocycles. The Morgan fingerprint density at radius 1 is 1.26 bits per heavy atom. The van der Waals surface area contributed by atoms with E-state index in [1.165, 1.54) is 28.2 Å². The molecule has 0 spiro atoms. The predicted octanol–water partition coefficient (Wildman–Crippen LogP) is 3.53. The fourth-order valence-electron chi connectivity index (χ4n) is 2.72. The smallest absolute Gasteiger partial charge is 0.0966 e. The van der Waals surface area contributed by atoms with Crippen molar-refractivity contribution in [1.82, 2.24) is 10.3 Å². The number of hydrogen-bond donors (Lipinski definition) is 1. The second-order valence-electron chi connectivity index (χ2n) is 5.23. The number of rotatable bonds is 5. The van der Waals surface area contributed by atoms with Crippen LogP contribution in [0.4, 0.5) is 0 Å². The van der Waals surface area contributed by atoms with Gasteiger partial charge >= 0.3 is 0 Å². The van der Waals surface area contributed by atoms with Crippen LogP contribution in [0, 0.1) is 0 Å². The lowest BCUT2D eigenvalue weighted by atomic mass is 10.1. The van der Waals surface area contributed by atoms with Crippen LogP contribution in [0.15, 0.2) is 29.6 Å². The van der Waals surface area contributed by atoms with Gasteiger partial charge in [-0.05, 0) is 36.9 Å². The molecule has 1 N–H and O–H groups in total. The zero-order valence-corrected chi connectivity index (χ0v) is 12.2. The number of thiazole rings is 1. The van der Waals surface area contributed by atoms with E-state index in [2.05, 4.69) is 41.9 Å². The molecule has 1 aliphatic rings. The second kappa shape index (κ2) is 5.85. The van der Waals surface area contributed by atoms with Gasteiger partial charge in [0, 0.05) is 17.8 Å². The SMILES string of the molecule is CCCNCc1csc(C2Cc3ccccc3C2)n1. The third-order valence-corrected chi connectivity index (χ3v) is 4.76. The minimum atomic E-state index is 0.599. The van der Waals surface area contributed by atoms with Crippen molar-refractivity contribution in [1.29, 1.82) is 0 Å². The maximum atomic E-state index is 4.80. The summed E-state index contributed by atoms with van der Waals surface area (Å²) in [5.74, 6) is 0.599. The van der Waals surface area contributed by atoms with Crippen LogP contribution in [-0.2, 0) is 19.4 Å². The van der Waals surface area contributed by atoms with Gasteiger partial charge in [0.15, 0.2) is 0 Å². The highest BCUT2D eigenvalue weighted by molar-refractivity contribution is 7.09. The predicted molar refractivity (Wildman–Crippen MR) is 80.7 cm³/mol. The molecule has 1 aromatic heterocycles. The van der Waals surface area contributed by atoms with Crippen molar-refractivity contribution < 1.29 is 0 Å². The van der Waals surface area contributed by atoms with E-state index >= 15 is 0 Å².